The van der Waals surface area contributed by atoms with Crippen molar-refractivity contribution >= 4 is 5.69 Å². The van der Waals surface area contributed by atoms with Crippen molar-refractivity contribution in [2.24, 2.45) is 5.92 Å². The molecule has 0 radical (unpaired) electrons. The number of methoxy groups -OCH3 is 1. The molecule has 2 rings (SSSR count). The van der Waals surface area contributed by atoms with Gasteiger partial charge < -0.3 is 10.1 Å². The van der Waals surface area contributed by atoms with Crippen LogP contribution in [0.3, 0.4) is 0 Å². The fourth-order valence-electron chi connectivity index (χ4n) is 2.78. The molecule has 0 unspecified atom stereocenters. The molecule has 0 aromatic heterocycles. The van der Waals surface area contributed by atoms with Gasteiger partial charge in [-0.1, -0.05) is 39.7 Å². The zero-order chi connectivity index (χ0) is 13.9. The van der Waals surface area contributed by atoms with Gasteiger partial charge in [-0.15, -0.1) is 0 Å². The van der Waals surface area contributed by atoms with Crippen LogP contribution in [0.15, 0.2) is 18.2 Å². The van der Waals surface area contributed by atoms with Gasteiger partial charge in [0.2, 0.25) is 0 Å². The summed E-state index contributed by atoms with van der Waals surface area (Å²) in [7, 11) is 1.74. The fraction of sp³-hybridized carbons (Fsp3) is 0.647. The topological polar surface area (TPSA) is 21.3 Å². The maximum Gasteiger partial charge on any atom is 0.141 e. The van der Waals surface area contributed by atoms with Gasteiger partial charge in [-0.05, 0) is 41.9 Å². The van der Waals surface area contributed by atoms with Crippen molar-refractivity contribution in [2.45, 2.75) is 51.9 Å². The van der Waals surface area contributed by atoms with Crippen LogP contribution in [-0.2, 0) is 5.41 Å². The molecule has 1 fully saturated rings. The van der Waals surface area contributed by atoms with E-state index in [0.29, 0.717) is 0 Å². The maximum atomic E-state index is 5.47. The Morgan fingerprint density at radius 3 is 2.47 bits per heavy atom. The number of hydrogen-bond donors (Lipinski definition) is 1. The van der Waals surface area contributed by atoms with Crippen molar-refractivity contribution in [3.05, 3.63) is 23.8 Å². The summed E-state index contributed by atoms with van der Waals surface area (Å²) in [6, 6.07) is 6.49. The molecule has 1 aromatic carbocycles. The lowest BCUT2D eigenvalue weighted by molar-refractivity contribution is 0.415. The molecule has 0 aliphatic heterocycles. The second kappa shape index (κ2) is 5.85. The van der Waals surface area contributed by atoms with Crippen LogP contribution in [0.25, 0.3) is 0 Å². The van der Waals surface area contributed by atoms with Gasteiger partial charge in [0.1, 0.15) is 5.75 Å². The number of benzene rings is 1. The van der Waals surface area contributed by atoms with Gasteiger partial charge in [-0.25, -0.2) is 0 Å². The standard InChI is InChI=1S/C17H27NO/c1-17(2,3)14-9-10-16(19-4)15(11-14)18-12-13-7-5-6-8-13/h9-11,13,18H,5-8,12H2,1-4H3. The quantitative estimate of drug-likeness (QED) is 0.855. The molecule has 0 atom stereocenters. The van der Waals surface area contributed by atoms with Crippen LogP contribution in [0.1, 0.15) is 52.0 Å². The van der Waals surface area contributed by atoms with E-state index in [0.717, 1.165) is 23.9 Å². The first-order valence-electron chi connectivity index (χ1n) is 7.43. The van der Waals surface area contributed by atoms with Gasteiger partial charge in [-0.2, -0.15) is 0 Å². The number of rotatable bonds is 4. The fourth-order valence-corrected chi connectivity index (χ4v) is 2.78. The Morgan fingerprint density at radius 1 is 1.21 bits per heavy atom. The zero-order valence-electron chi connectivity index (χ0n) is 12.8. The molecule has 1 aliphatic rings. The molecule has 1 aliphatic carbocycles. The van der Waals surface area contributed by atoms with Gasteiger partial charge in [0.25, 0.3) is 0 Å². The first-order valence-corrected chi connectivity index (χ1v) is 7.43. The molecule has 19 heavy (non-hydrogen) atoms. The van der Waals surface area contributed by atoms with E-state index < -0.39 is 0 Å². The van der Waals surface area contributed by atoms with Crippen LogP contribution in [-0.4, -0.2) is 13.7 Å². The largest absolute Gasteiger partial charge is 0.495 e. The van der Waals surface area contributed by atoms with Gasteiger partial charge in [0, 0.05) is 6.54 Å². The van der Waals surface area contributed by atoms with E-state index in [1.165, 1.54) is 31.2 Å². The Kier molecular flexibility index (Phi) is 4.38. The first-order chi connectivity index (χ1) is 9.00. The summed E-state index contributed by atoms with van der Waals surface area (Å²) in [6.45, 7) is 7.81. The highest BCUT2D eigenvalue weighted by atomic mass is 16.5. The molecule has 106 valence electrons. The van der Waals surface area contributed by atoms with Crippen LogP contribution in [0, 0.1) is 5.92 Å². The van der Waals surface area contributed by atoms with Gasteiger partial charge in [0.15, 0.2) is 0 Å². The lowest BCUT2D eigenvalue weighted by Crippen LogP contribution is -2.14. The Balaban J connectivity index is 2.11. The molecule has 0 spiro atoms. The van der Waals surface area contributed by atoms with Crippen LogP contribution in [0.4, 0.5) is 5.69 Å². The smallest absolute Gasteiger partial charge is 0.141 e. The van der Waals surface area contributed by atoms with Crippen molar-refractivity contribution in [3.63, 3.8) is 0 Å². The molecular weight excluding hydrogens is 234 g/mol. The second-order valence-electron chi connectivity index (χ2n) is 6.70. The maximum absolute atomic E-state index is 5.47. The van der Waals surface area contributed by atoms with Gasteiger partial charge in [-0.3, -0.25) is 0 Å². The molecular formula is C17H27NO. The van der Waals surface area contributed by atoms with E-state index >= 15 is 0 Å². The molecule has 2 heteroatoms. The summed E-state index contributed by atoms with van der Waals surface area (Å²) in [5, 5.41) is 3.59. The molecule has 1 saturated carbocycles. The minimum Gasteiger partial charge on any atom is -0.495 e. The molecule has 1 aromatic rings. The summed E-state index contributed by atoms with van der Waals surface area (Å²) < 4.78 is 5.47. The Hall–Kier alpha value is -1.18. The lowest BCUT2D eigenvalue weighted by Gasteiger charge is -2.22. The second-order valence-corrected chi connectivity index (χ2v) is 6.70. The van der Waals surface area contributed by atoms with Crippen molar-refractivity contribution < 1.29 is 4.74 Å². The third-order valence-corrected chi connectivity index (χ3v) is 4.12. The SMILES string of the molecule is COc1ccc(C(C)(C)C)cc1NCC1CCCC1. The van der Waals surface area contributed by atoms with Crippen LogP contribution in [0.5, 0.6) is 5.75 Å². The van der Waals surface area contributed by atoms with E-state index in [1.807, 2.05) is 0 Å². The van der Waals surface area contributed by atoms with E-state index in [4.69, 9.17) is 4.74 Å². The summed E-state index contributed by atoms with van der Waals surface area (Å²) >= 11 is 0. The average Bonchev–Trinajstić information content (AvgIpc) is 2.88. The van der Waals surface area contributed by atoms with E-state index in [9.17, 15) is 0 Å². The normalized spacial score (nSPS) is 16.6. The summed E-state index contributed by atoms with van der Waals surface area (Å²) in [6.07, 6.45) is 5.53. The zero-order valence-corrected chi connectivity index (χ0v) is 12.8. The molecule has 0 bridgehead atoms. The van der Waals surface area contributed by atoms with Crippen LogP contribution in [0.2, 0.25) is 0 Å². The number of hydrogen-bond acceptors (Lipinski definition) is 2. The highest BCUT2D eigenvalue weighted by Crippen LogP contribution is 2.32. The number of anilines is 1. The first kappa shape index (κ1) is 14.2. The Morgan fingerprint density at radius 2 is 1.89 bits per heavy atom. The molecule has 0 heterocycles. The Labute approximate surface area is 117 Å². The minimum atomic E-state index is 0.177. The average molecular weight is 261 g/mol. The van der Waals surface area contributed by atoms with E-state index in [2.05, 4.69) is 44.3 Å². The molecule has 0 amide bonds. The summed E-state index contributed by atoms with van der Waals surface area (Å²) in [4.78, 5) is 0. The number of ether oxygens (including phenoxy) is 1. The third-order valence-electron chi connectivity index (χ3n) is 4.12. The van der Waals surface area contributed by atoms with Crippen molar-refractivity contribution in [1.82, 2.24) is 0 Å². The van der Waals surface area contributed by atoms with E-state index in [-0.39, 0.29) is 5.41 Å². The molecule has 1 N–H and O–H groups in total. The Bertz CT molecular complexity index is 414. The van der Waals surface area contributed by atoms with Crippen molar-refractivity contribution in [2.75, 3.05) is 19.0 Å². The monoisotopic (exact) mass is 261 g/mol. The van der Waals surface area contributed by atoms with Crippen LogP contribution < -0.4 is 10.1 Å². The molecule has 0 saturated heterocycles. The summed E-state index contributed by atoms with van der Waals surface area (Å²) in [5.74, 6) is 1.79. The highest BCUT2D eigenvalue weighted by molar-refractivity contribution is 5.59. The van der Waals surface area contributed by atoms with Crippen molar-refractivity contribution in [1.29, 1.82) is 0 Å². The third kappa shape index (κ3) is 3.65. The van der Waals surface area contributed by atoms with Gasteiger partial charge >= 0.3 is 0 Å². The minimum absolute atomic E-state index is 0.177. The highest BCUT2D eigenvalue weighted by Gasteiger charge is 2.18. The van der Waals surface area contributed by atoms with Crippen molar-refractivity contribution in [3.8, 4) is 5.75 Å². The number of nitrogens with one attached hydrogen (secondary N) is 1. The van der Waals surface area contributed by atoms with E-state index in [1.54, 1.807) is 7.11 Å². The van der Waals surface area contributed by atoms with Gasteiger partial charge in [0.05, 0.1) is 12.8 Å². The summed E-state index contributed by atoms with van der Waals surface area (Å²) in [5.41, 5.74) is 2.67. The lowest BCUT2D eigenvalue weighted by atomic mass is 9.87. The predicted molar refractivity (Wildman–Crippen MR) is 82.1 cm³/mol. The van der Waals surface area contributed by atoms with Crippen LogP contribution >= 0.6 is 0 Å². The molecule has 2 nitrogen and oxygen atoms in total. The predicted octanol–water partition coefficient (Wildman–Crippen LogP) is 4.59.